The number of Topliss-reactive ketones (excluding diaryl/α,β-unsaturated/α-hetero) is 1. The topological polar surface area (TPSA) is 46.6 Å². The first-order chi connectivity index (χ1) is 10.3. The minimum Gasteiger partial charge on any atom is -0.444 e. The number of carbonyl (C=O) groups is 2. The Hall–Kier alpha value is -1.36. The molecule has 1 amide bonds. The number of hydrogen-bond acceptors (Lipinski definition) is 3. The lowest BCUT2D eigenvalue weighted by Crippen LogP contribution is -2.43. The molecule has 120 valence electrons. The van der Waals surface area contributed by atoms with Crippen molar-refractivity contribution in [3.63, 3.8) is 0 Å². The second-order valence-corrected chi connectivity index (χ2v) is 7.53. The Morgan fingerprint density at radius 3 is 2.41 bits per heavy atom. The lowest BCUT2D eigenvalue weighted by atomic mass is 9.89. The summed E-state index contributed by atoms with van der Waals surface area (Å²) in [4.78, 5) is 26.2. The highest BCUT2D eigenvalue weighted by atomic mass is 79.9. The zero-order chi connectivity index (χ0) is 16.3. The average molecular weight is 368 g/mol. The fourth-order valence-corrected chi connectivity index (χ4v) is 2.93. The molecule has 1 aromatic carbocycles. The second-order valence-electron chi connectivity index (χ2n) is 6.62. The van der Waals surface area contributed by atoms with Crippen molar-refractivity contribution in [3.8, 4) is 0 Å². The molecule has 1 heterocycles. The number of rotatable bonds is 2. The van der Waals surface area contributed by atoms with Crippen LogP contribution in [0.25, 0.3) is 0 Å². The Bertz CT molecular complexity index is 557. The largest absolute Gasteiger partial charge is 0.444 e. The predicted molar refractivity (Wildman–Crippen MR) is 89.0 cm³/mol. The number of nitrogens with zero attached hydrogens (tertiary/aromatic N) is 1. The van der Waals surface area contributed by atoms with Crippen molar-refractivity contribution in [2.75, 3.05) is 13.1 Å². The summed E-state index contributed by atoms with van der Waals surface area (Å²) in [6.07, 6.45) is 1.08. The summed E-state index contributed by atoms with van der Waals surface area (Å²) in [5.74, 6) is 0.137. The van der Waals surface area contributed by atoms with Crippen LogP contribution in [0.1, 0.15) is 44.0 Å². The molecule has 0 spiro atoms. The zero-order valence-electron chi connectivity index (χ0n) is 13.3. The Morgan fingerprint density at radius 1 is 1.23 bits per heavy atom. The van der Waals surface area contributed by atoms with Crippen molar-refractivity contribution in [1.29, 1.82) is 0 Å². The maximum absolute atomic E-state index is 12.5. The summed E-state index contributed by atoms with van der Waals surface area (Å²) in [6, 6.07) is 7.46. The quantitative estimate of drug-likeness (QED) is 0.732. The molecule has 2 rings (SSSR count). The molecule has 0 bridgehead atoms. The van der Waals surface area contributed by atoms with E-state index in [2.05, 4.69) is 15.9 Å². The maximum Gasteiger partial charge on any atom is 0.410 e. The van der Waals surface area contributed by atoms with Crippen LogP contribution in [0.4, 0.5) is 4.79 Å². The number of ketones is 1. The molecule has 5 heteroatoms. The van der Waals surface area contributed by atoms with Gasteiger partial charge in [-0.1, -0.05) is 28.1 Å². The van der Waals surface area contributed by atoms with Crippen LogP contribution < -0.4 is 0 Å². The third kappa shape index (κ3) is 4.57. The number of carbonyl (C=O) groups excluding carboxylic acids is 2. The SMILES string of the molecule is CC(C)(C)OC(=O)N1CCC(C(=O)c2cccc(Br)c2)CC1. The molecule has 0 aliphatic carbocycles. The number of piperidine rings is 1. The smallest absolute Gasteiger partial charge is 0.410 e. The van der Waals surface area contributed by atoms with Gasteiger partial charge in [0.2, 0.25) is 0 Å². The van der Waals surface area contributed by atoms with E-state index in [0.717, 1.165) is 10.0 Å². The van der Waals surface area contributed by atoms with Gasteiger partial charge >= 0.3 is 6.09 Å². The van der Waals surface area contributed by atoms with Gasteiger partial charge in [0.25, 0.3) is 0 Å². The van der Waals surface area contributed by atoms with Gasteiger partial charge in [-0.05, 0) is 45.7 Å². The molecule has 1 fully saturated rings. The third-order valence-corrected chi connectivity index (χ3v) is 4.12. The van der Waals surface area contributed by atoms with Gasteiger partial charge in [0, 0.05) is 29.0 Å². The van der Waals surface area contributed by atoms with Crippen LogP contribution in [0.15, 0.2) is 28.7 Å². The predicted octanol–water partition coefficient (Wildman–Crippen LogP) is 4.28. The number of halogens is 1. The summed E-state index contributed by atoms with van der Waals surface area (Å²) in [6.45, 7) is 6.70. The fraction of sp³-hybridized carbons (Fsp3) is 0.529. The summed E-state index contributed by atoms with van der Waals surface area (Å²) < 4.78 is 6.28. The molecule has 4 nitrogen and oxygen atoms in total. The summed E-state index contributed by atoms with van der Waals surface area (Å²) >= 11 is 3.39. The first-order valence-corrected chi connectivity index (χ1v) is 8.33. The molecule has 1 aliphatic heterocycles. The Labute approximate surface area is 140 Å². The van der Waals surface area contributed by atoms with Crippen LogP contribution in [-0.2, 0) is 4.74 Å². The molecular formula is C17H22BrNO3. The maximum atomic E-state index is 12.5. The van der Waals surface area contributed by atoms with E-state index >= 15 is 0 Å². The van der Waals surface area contributed by atoms with Gasteiger partial charge in [-0.2, -0.15) is 0 Å². The summed E-state index contributed by atoms with van der Waals surface area (Å²) in [7, 11) is 0. The van der Waals surface area contributed by atoms with E-state index in [4.69, 9.17) is 4.74 Å². The standard InChI is InChI=1S/C17H22BrNO3/c1-17(2,3)22-16(21)19-9-7-12(8-10-19)15(20)13-5-4-6-14(18)11-13/h4-6,11-12H,7-10H2,1-3H3. The van der Waals surface area contributed by atoms with Crippen LogP contribution in [-0.4, -0.2) is 35.5 Å². The minimum absolute atomic E-state index is 0.0204. The van der Waals surface area contributed by atoms with Gasteiger partial charge < -0.3 is 9.64 Å². The van der Waals surface area contributed by atoms with Crippen molar-refractivity contribution >= 4 is 27.8 Å². The molecule has 0 atom stereocenters. The van der Waals surface area contributed by atoms with E-state index in [1.807, 2.05) is 45.0 Å². The van der Waals surface area contributed by atoms with E-state index < -0.39 is 5.60 Å². The van der Waals surface area contributed by atoms with Crippen molar-refractivity contribution < 1.29 is 14.3 Å². The highest BCUT2D eigenvalue weighted by Gasteiger charge is 2.30. The fourth-order valence-electron chi connectivity index (χ4n) is 2.53. The molecule has 0 unspecified atom stereocenters. The average Bonchev–Trinajstić information content (AvgIpc) is 2.45. The molecule has 22 heavy (non-hydrogen) atoms. The molecule has 0 N–H and O–H groups in total. The van der Waals surface area contributed by atoms with E-state index in [-0.39, 0.29) is 17.8 Å². The Balaban J connectivity index is 1.92. The lowest BCUT2D eigenvalue weighted by molar-refractivity contribution is 0.0182. The molecule has 0 aromatic heterocycles. The monoisotopic (exact) mass is 367 g/mol. The third-order valence-electron chi connectivity index (χ3n) is 3.63. The van der Waals surface area contributed by atoms with Gasteiger partial charge in [-0.15, -0.1) is 0 Å². The van der Waals surface area contributed by atoms with Crippen LogP contribution >= 0.6 is 15.9 Å². The molecule has 1 aliphatic rings. The molecule has 1 saturated heterocycles. The van der Waals surface area contributed by atoms with E-state index in [1.54, 1.807) is 4.90 Å². The van der Waals surface area contributed by atoms with E-state index in [9.17, 15) is 9.59 Å². The van der Waals surface area contributed by atoms with Crippen LogP contribution in [0, 0.1) is 5.92 Å². The van der Waals surface area contributed by atoms with Crippen LogP contribution in [0.5, 0.6) is 0 Å². The minimum atomic E-state index is -0.486. The first kappa shape index (κ1) is 17.0. The lowest BCUT2D eigenvalue weighted by Gasteiger charge is -2.33. The van der Waals surface area contributed by atoms with Crippen molar-refractivity contribution in [3.05, 3.63) is 34.3 Å². The Morgan fingerprint density at radius 2 is 1.86 bits per heavy atom. The van der Waals surface area contributed by atoms with Crippen molar-refractivity contribution in [2.45, 2.75) is 39.2 Å². The van der Waals surface area contributed by atoms with Gasteiger partial charge in [-0.3, -0.25) is 4.79 Å². The van der Waals surface area contributed by atoms with E-state index in [1.165, 1.54) is 0 Å². The highest BCUT2D eigenvalue weighted by Crippen LogP contribution is 2.24. The number of amides is 1. The number of likely N-dealkylation sites (tertiary alicyclic amines) is 1. The zero-order valence-corrected chi connectivity index (χ0v) is 14.9. The number of hydrogen-bond donors (Lipinski definition) is 0. The Kier molecular flexibility index (Phi) is 5.27. The van der Waals surface area contributed by atoms with Crippen molar-refractivity contribution in [2.24, 2.45) is 5.92 Å². The van der Waals surface area contributed by atoms with Gasteiger partial charge in [0.15, 0.2) is 5.78 Å². The number of ether oxygens (including phenoxy) is 1. The molecular weight excluding hydrogens is 346 g/mol. The molecule has 0 radical (unpaired) electrons. The van der Waals surface area contributed by atoms with Gasteiger partial charge in [-0.25, -0.2) is 4.79 Å². The van der Waals surface area contributed by atoms with E-state index in [0.29, 0.717) is 25.9 Å². The van der Waals surface area contributed by atoms with Gasteiger partial charge in [0.05, 0.1) is 0 Å². The summed E-state index contributed by atoms with van der Waals surface area (Å²) in [5, 5.41) is 0. The first-order valence-electron chi connectivity index (χ1n) is 7.54. The summed E-state index contributed by atoms with van der Waals surface area (Å²) in [5.41, 5.74) is 0.241. The van der Waals surface area contributed by atoms with Crippen LogP contribution in [0.3, 0.4) is 0 Å². The van der Waals surface area contributed by atoms with Crippen LogP contribution in [0.2, 0.25) is 0 Å². The highest BCUT2D eigenvalue weighted by molar-refractivity contribution is 9.10. The second kappa shape index (κ2) is 6.82. The number of benzene rings is 1. The van der Waals surface area contributed by atoms with Gasteiger partial charge in [0.1, 0.15) is 5.60 Å². The van der Waals surface area contributed by atoms with Crippen molar-refractivity contribution in [1.82, 2.24) is 4.90 Å². The molecule has 0 saturated carbocycles. The molecule has 1 aromatic rings. The normalized spacial score (nSPS) is 16.5.